The highest BCUT2D eigenvalue weighted by atomic mass is 35.5. The highest BCUT2D eigenvalue weighted by molar-refractivity contribution is 6.43. The van der Waals surface area contributed by atoms with E-state index >= 15 is 0 Å². The average Bonchev–Trinajstić information content (AvgIpc) is 2.56. The number of methoxy groups -OCH3 is 1. The van der Waals surface area contributed by atoms with Gasteiger partial charge in [0.05, 0.1) is 27.7 Å². The lowest BCUT2D eigenvalue weighted by Crippen LogP contribution is -2.21. The molecule has 9 heteroatoms. The third-order valence-electron chi connectivity index (χ3n) is 2.78. The maximum Gasteiger partial charge on any atom is 0.338 e. The fourth-order valence-electron chi connectivity index (χ4n) is 1.68. The largest absolute Gasteiger partial charge is 0.482 e. The Hall–Kier alpha value is -2.02. The summed E-state index contributed by atoms with van der Waals surface area (Å²) in [5.41, 5.74) is 0.260. The van der Waals surface area contributed by atoms with Crippen molar-refractivity contribution in [1.82, 2.24) is 4.98 Å². The van der Waals surface area contributed by atoms with Gasteiger partial charge in [0.1, 0.15) is 11.6 Å². The number of hydrogen-bond acceptors (Lipinski definition) is 5. The molecule has 1 heterocycles. The van der Waals surface area contributed by atoms with Gasteiger partial charge in [-0.3, -0.25) is 4.79 Å². The zero-order valence-electron chi connectivity index (χ0n) is 12.3. The third-order valence-corrected chi connectivity index (χ3v) is 3.80. The van der Waals surface area contributed by atoms with Gasteiger partial charge < -0.3 is 14.8 Å². The Bertz CT molecular complexity index is 783. The number of hydrogen-bond donors (Lipinski definition) is 1. The van der Waals surface area contributed by atoms with Crippen LogP contribution in [0.1, 0.15) is 10.4 Å². The molecule has 1 aromatic heterocycles. The van der Waals surface area contributed by atoms with Crippen LogP contribution in [0.4, 0.5) is 5.82 Å². The van der Waals surface area contributed by atoms with E-state index in [1.807, 2.05) is 0 Å². The standard InChI is InChI=1S/C15H11Cl3N2O4/c1-23-15(22)8-2-3-19-13(4-8)20-14(21)7-24-12-6-10(17)9(16)5-11(12)18/h2-6H,7H2,1H3,(H,19,20,21). The third kappa shape index (κ3) is 4.74. The number of halogens is 3. The monoisotopic (exact) mass is 388 g/mol. The molecule has 0 aliphatic carbocycles. The van der Waals surface area contributed by atoms with Crippen LogP contribution in [-0.4, -0.2) is 30.6 Å². The molecule has 0 fully saturated rings. The van der Waals surface area contributed by atoms with E-state index in [4.69, 9.17) is 39.5 Å². The first kappa shape index (κ1) is 18.3. The van der Waals surface area contributed by atoms with E-state index in [9.17, 15) is 9.59 Å². The molecule has 0 atom stereocenters. The Kier molecular flexibility index (Phi) is 6.25. The molecule has 2 rings (SSSR count). The number of nitrogens with zero attached hydrogens (tertiary/aromatic N) is 1. The average molecular weight is 390 g/mol. The van der Waals surface area contributed by atoms with Crippen molar-refractivity contribution in [2.24, 2.45) is 0 Å². The molecule has 0 radical (unpaired) electrons. The van der Waals surface area contributed by atoms with Crippen LogP contribution in [0.3, 0.4) is 0 Å². The second-order valence-electron chi connectivity index (χ2n) is 4.45. The molecule has 0 aliphatic rings. The molecule has 0 bridgehead atoms. The molecule has 6 nitrogen and oxygen atoms in total. The summed E-state index contributed by atoms with van der Waals surface area (Å²) in [5, 5.41) is 3.25. The predicted molar refractivity (Wildman–Crippen MR) is 91.2 cm³/mol. The summed E-state index contributed by atoms with van der Waals surface area (Å²) in [6.45, 7) is -0.332. The summed E-state index contributed by atoms with van der Waals surface area (Å²) in [7, 11) is 1.26. The molecule has 0 saturated heterocycles. The number of aromatic nitrogens is 1. The molecule has 2 aromatic rings. The summed E-state index contributed by atoms with van der Waals surface area (Å²) >= 11 is 17.6. The van der Waals surface area contributed by atoms with E-state index in [0.29, 0.717) is 0 Å². The van der Waals surface area contributed by atoms with Gasteiger partial charge in [0.2, 0.25) is 0 Å². The normalized spacial score (nSPS) is 10.2. The van der Waals surface area contributed by atoms with Gasteiger partial charge in [-0.15, -0.1) is 0 Å². The first-order valence-corrected chi connectivity index (χ1v) is 7.65. The highest BCUT2D eigenvalue weighted by Crippen LogP contribution is 2.33. The molecule has 24 heavy (non-hydrogen) atoms. The van der Waals surface area contributed by atoms with Crippen LogP contribution in [0.15, 0.2) is 30.5 Å². The second kappa shape index (κ2) is 8.19. The van der Waals surface area contributed by atoms with Gasteiger partial charge in [0, 0.05) is 12.3 Å². The Morgan fingerprint density at radius 1 is 1.12 bits per heavy atom. The zero-order chi connectivity index (χ0) is 17.7. The maximum absolute atomic E-state index is 11.9. The number of carbonyl (C=O) groups excluding carboxylic acids is 2. The van der Waals surface area contributed by atoms with Crippen molar-refractivity contribution < 1.29 is 19.1 Å². The van der Waals surface area contributed by atoms with Crippen LogP contribution in [0.25, 0.3) is 0 Å². The van der Waals surface area contributed by atoms with Crippen LogP contribution < -0.4 is 10.1 Å². The molecule has 126 valence electrons. The van der Waals surface area contributed by atoms with E-state index < -0.39 is 11.9 Å². The number of amides is 1. The van der Waals surface area contributed by atoms with Crippen molar-refractivity contribution in [3.05, 3.63) is 51.1 Å². The van der Waals surface area contributed by atoms with E-state index in [1.54, 1.807) is 0 Å². The summed E-state index contributed by atoms with van der Waals surface area (Å²) in [4.78, 5) is 27.3. The van der Waals surface area contributed by atoms with Crippen molar-refractivity contribution in [1.29, 1.82) is 0 Å². The molecule has 1 amide bonds. The molecule has 1 N–H and O–H groups in total. The molecule has 0 aliphatic heterocycles. The smallest absolute Gasteiger partial charge is 0.338 e. The number of anilines is 1. The zero-order valence-corrected chi connectivity index (χ0v) is 14.6. The van der Waals surface area contributed by atoms with Crippen LogP contribution in [0.2, 0.25) is 15.1 Å². The van der Waals surface area contributed by atoms with E-state index in [0.717, 1.165) is 0 Å². The Morgan fingerprint density at radius 3 is 2.54 bits per heavy atom. The minimum absolute atomic E-state index is 0.187. The molecular formula is C15H11Cl3N2O4. The first-order chi connectivity index (χ1) is 11.4. The summed E-state index contributed by atoms with van der Waals surface area (Å²) < 4.78 is 9.89. The summed E-state index contributed by atoms with van der Waals surface area (Å²) in [6.07, 6.45) is 1.37. The highest BCUT2D eigenvalue weighted by Gasteiger charge is 2.11. The molecule has 0 unspecified atom stereocenters. The van der Waals surface area contributed by atoms with Gasteiger partial charge in [-0.25, -0.2) is 9.78 Å². The lowest BCUT2D eigenvalue weighted by molar-refractivity contribution is -0.118. The van der Waals surface area contributed by atoms with Gasteiger partial charge in [0.15, 0.2) is 6.61 Å². The number of esters is 1. The fourth-order valence-corrected chi connectivity index (χ4v) is 2.27. The van der Waals surface area contributed by atoms with Gasteiger partial charge in [-0.05, 0) is 18.2 Å². The van der Waals surface area contributed by atoms with Crippen molar-refractivity contribution in [2.75, 3.05) is 19.0 Å². The minimum atomic E-state index is -0.535. The Balaban J connectivity index is 1.99. The number of pyridine rings is 1. The van der Waals surface area contributed by atoms with E-state index in [2.05, 4.69) is 15.0 Å². The predicted octanol–water partition coefficient (Wildman–Crippen LogP) is 3.85. The lowest BCUT2D eigenvalue weighted by Gasteiger charge is -2.10. The van der Waals surface area contributed by atoms with E-state index in [-0.39, 0.29) is 38.8 Å². The number of nitrogens with one attached hydrogen (secondary N) is 1. The van der Waals surface area contributed by atoms with Crippen LogP contribution in [-0.2, 0) is 9.53 Å². The lowest BCUT2D eigenvalue weighted by atomic mass is 10.2. The van der Waals surface area contributed by atoms with Crippen molar-refractivity contribution in [2.45, 2.75) is 0 Å². The van der Waals surface area contributed by atoms with Crippen LogP contribution >= 0.6 is 34.8 Å². The molecule has 0 saturated carbocycles. The second-order valence-corrected chi connectivity index (χ2v) is 5.68. The molecule has 0 spiro atoms. The topological polar surface area (TPSA) is 77.5 Å². The molecular weight excluding hydrogens is 379 g/mol. The Labute approximate surface area is 152 Å². The van der Waals surface area contributed by atoms with Crippen molar-refractivity contribution in [3.63, 3.8) is 0 Å². The van der Waals surface area contributed by atoms with Gasteiger partial charge in [-0.2, -0.15) is 0 Å². The van der Waals surface area contributed by atoms with Crippen LogP contribution in [0, 0.1) is 0 Å². The van der Waals surface area contributed by atoms with Gasteiger partial charge in [0.25, 0.3) is 5.91 Å². The van der Waals surface area contributed by atoms with E-state index in [1.165, 1.54) is 37.6 Å². The van der Waals surface area contributed by atoms with Gasteiger partial charge >= 0.3 is 5.97 Å². The Morgan fingerprint density at radius 2 is 1.83 bits per heavy atom. The van der Waals surface area contributed by atoms with Crippen molar-refractivity contribution in [3.8, 4) is 5.75 Å². The first-order valence-electron chi connectivity index (χ1n) is 6.52. The SMILES string of the molecule is COC(=O)c1ccnc(NC(=O)COc2cc(Cl)c(Cl)cc2Cl)c1. The maximum atomic E-state index is 11.9. The number of rotatable bonds is 5. The van der Waals surface area contributed by atoms with Gasteiger partial charge in [-0.1, -0.05) is 34.8 Å². The molecule has 1 aromatic carbocycles. The quantitative estimate of drug-likeness (QED) is 0.621. The van der Waals surface area contributed by atoms with Crippen LogP contribution in [0.5, 0.6) is 5.75 Å². The summed E-state index contributed by atoms with van der Waals surface area (Å²) in [6, 6.07) is 5.68. The summed E-state index contributed by atoms with van der Waals surface area (Å²) in [5.74, 6) is -0.623. The fraction of sp³-hybridized carbons (Fsp3) is 0.133. The number of ether oxygens (including phenoxy) is 2. The number of benzene rings is 1. The minimum Gasteiger partial charge on any atom is -0.482 e. The van der Waals surface area contributed by atoms with Crippen molar-refractivity contribution >= 4 is 52.5 Å². The number of carbonyl (C=O) groups is 2.